The number of benzene rings is 2. The molecule has 19 heavy (non-hydrogen) atoms. The molecule has 0 saturated carbocycles. The van der Waals surface area contributed by atoms with Gasteiger partial charge in [-0.25, -0.2) is 0 Å². The maximum absolute atomic E-state index is 5.46. The first-order valence-corrected chi connectivity index (χ1v) is 6.72. The van der Waals surface area contributed by atoms with E-state index in [2.05, 4.69) is 49.4 Å². The molecule has 3 rings (SSSR count). The number of allylic oxidation sites excluding steroid dienone is 4. The number of hydrogen-bond donors (Lipinski definition) is 0. The summed E-state index contributed by atoms with van der Waals surface area (Å²) in [6.07, 6.45) is 6.77. The van der Waals surface area contributed by atoms with Crippen LogP contribution in [0.25, 0.3) is 16.3 Å². The Hall–Kier alpha value is -2.02. The van der Waals surface area contributed by atoms with Crippen LogP contribution in [0.2, 0.25) is 0 Å². The second-order valence-corrected chi connectivity index (χ2v) is 5.07. The smallest absolute Gasteiger partial charge is 0.126 e. The number of ether oxygens (including phenoxy) is 1. The van der Waals surface area contributed by atoms with E-state index in [0.29, 0.717) is 0 Å². The zero-order chi connectivity index (χ0) is 13.2. The maximum atomic E-state index is 5.46. The third-order valence-corrected chi connectivity index (χ3v) is 3.81. The Bertz CT molecular complexity index is 677. The predicted molar refractivity (Wildman–Crippen MR) is 81.5 cm³/mol. The molecule has 0 amide bonds. The summed E-state index contributed by atoms with van der Waals surface area (Å²) >= 11 is 0. The van der Waals surface area contributed by atoms with Crippen LogP contribution in [0.1, 0.15) is 25.3 Å². The molecule has 0 aromatic heterocycles. The molecule has 0 aliphatic heterocycles. The Labute approximate surface area is 114 Å². The Kier molecular flexibility index (Phi) is 3.12. The minimum Gasteiger partial charge on any atom is -0.496 e. The van der Waals surface area contributed by atoms with Crippen LogP contribution in [0, 0.1) is 0 Å². The summed E-state index contributed by atoms with van der Waals surface area (Å²) in [5, 5.41) is 2.47. The van der Waals surface area contributed by atoms with Crippen LogP contribution in [0.5, 0.6) is 5.75 Å². The van der Waals surface area contributed by atoms with Gasteiger partial charge in [-0.2, -0.15) is 0 Å². The van der Waals surface area contributed by atoms with E-state index in [4.69, 9.17) is 4.74 Å². The van der Waals surface area contributed by atoms with Gasteiger partial charge in [0, 0.05) is 5.39 Å². The highest BCUT2D eigenvalue weighted by molar-refractivity contribution is 5.97. The molecule has 1 aliphatic carbocycles. The maximum Gasteiger partial charge on any atom is 0.126 e. The van der Waals surface area contributed by atoms with Crippen molar-refractivity contribution in [3.05, 3.63) is 59.7 Å². The van der Waals surface area contributed by atoms with Crippen molar-refractivity contribution in [3.8, 4) is 5.75 Å². The Morgan fingerprint density at radius 1 is 0.895 bits per heavy atom. The molecule has 0 saturated heterocycles. The molecule has 0 fully saturated rings. The molecule has 1 heteroatoms. The lowest BCUT2D eigenvalue weighted by Crippen LogP contribution is -1.93. The van der Waals surface area contributed by atoms with Crippen molar-refractivity contribution in [1.29, 1.82) is 0 Å². The molecule has 0 N–H and O–H groups in total. The second kappa shape index (κ2) is 4.93. The quantitative estimate of drug-likeness (QED) is 0.731. The van der Waals surface area contributed by atoms with E-state index >= 15 is 0 Å². The molecule has 1 aliphatic rings. The van der Waals surface area contributed by atoms with Crippen LogP contribution in [-0.4, -0.2) is 7.11 Å². The van der Waals surface area contributed by atoms with Gasteiger partial charge in [-0.15, -0.1) is 0 Å². The molecular weight excluding hydrogens is 232 g/mol. The van der Waals surface area contributed by atoms with Gasteiger partial charge in [0.2, 0.25) is 0 Å². The van der Waals surface area contributed by atoms with E-state index < -0.39 is 0 Å². The summed E-state index contributed by atoms with van der Waals surface area (Å²) in [5.41, 5.74) is 4.21. The average molecular weight is 250 g/mol. The number of methoxy groups -OCH3 is 1. The molecule has 0 unspecified atom stereocenters. The second-order valence-electron chi connectivity index (χ2n) is 5.07. The zero-order valence-corrected chi connectivity index (χ0v) is 11.4. The van der Waals surface area contributed by atoms with Gasteiger partial charge < -0.3 is 4.74 Å². The molecule has 0 radical (unpaired) electrons. The molecule has 0 spiro atoms. The molecule has 2 aromatic carbocycles. The van der Waals surface area contributed by atoms with Gasteiger partial charge in [0.05, 0.1) is 7.11 Å². The summed E-state index contributed by atoms with van der Waals surface area (Å²) in [5.74, 6) is 0.947. The van der Waals surface area contributed by atoms with Crippen molar-refractivity contribution in [2.45, 2.75) is 19.8 Å². The van der Waals surface area contributed by atoms with Gasteiger partial charge in [-0.3, -0.25) is 0 Å². The highest BCUT2D eigenvalue weighted by atomic mass is 16.5. The Morgan fingerprint density at radius 2 is 1.68 bits per heavy atom. The van der Waals surface area contributed by atoms with Crippen LogP contribution in [0.15, 0.2) is 54.1 Å². The van der Waals surface area contributed by atoms with Gasteiger partial charge in [-0.05, 0) is 42.4 Å². The molecule has 96 valence electrons. The van der Waals surface area contributed by atoms with E-state index in [-0.39, 0.29) is 0 Å². The fourth-order valence-corrected chi connectivity index (χ4v) is 2.70. The summed E-state index contributed by atoms with van der Waals surface area (Å²) in [7, 11) is 1.73. The largest absolute Gasteiger partial charge is 0.496 e. The van der Waals surface area contributed by atoms with Crippen molar-refractivity contribution in [1.82, 2.24) is 0 Å². The van der Waals surface area contributed by atoms with Gasteiger partial charge in [0.15, 0.2) is 0 Å². The Morgan fingerprint density at radius 3 is 2.42 bits per heavy atom. The van der Waals surface area contributed by atoms with E-state index in [1.807, 2.05) is 6.07 Å². The molecular formula is C18H18O. The van der Waals surface area contributed by atoms with Gasteiger partial charge in [0.25, 0.3) is 0 Å². The van der Waals surface area contributed by atoms with Crippen molar-refractivity contribution < 1.29 is 4.74 Å². The molecule has 0 heterocycles. The fraction of sp³-hybridized carbons (Fsp3) is 0.222. The normalized spacial score (nSPS) is 15.1. The SMILES string of the molecule is COc1cccc2c(C3=CC=C(C)CC3)cccc12. The van der Waals surface area contributed by atoms with Gasteiger partial charge in [0.1, 0.15) is 5.75 Å². The minimum atomic E-state index is 0.947. The average Bonchev–Trinajstić information content (AvgIpc) is 2.47. The summed E-state index contributed by atoms with van der Waals surface area (Å²) in [6.45, 7) is 2.19. The molecule has 0 bridgehead atoms. The van der Waals surface area contributed by atoms with E-state index in [9.17, 15) is 0 Å². The van der Waals surface area contributed by atoms with Crippen LogP contribution in [-0.2, 0) is 0 Å². The molecule has 0 atom stereocenters. The van der Waals surface area contributed by atoms with Crippen LogP contribution in [0.4, 0.5) is 0 Å². The fourth-order valence-electron chi connectivity index (χ4n) is 2.70. The Balaban J connectivity index is 2.20. The third-order valence-electron chi connectivity index (χ3n) is 3.81. The van der Waals surface area contributed by atoms with Crippen molar-refractivity contribution >= 4 is 16.3 Å². The number of rotatable bonds is 2. The monoisotopic (exact) mass is 250 g/mol. The topological polar surface area (TPSA) is 9.23 Å². The summed E-state index contributed by atoms with van der Waals surface area (Å²) in [6, 6.07) is 12.7. The van der Waals surface area contributed by atoms with Crippen LogP contribution in [0.3, 0.4) is 0 Å². The van der Waals surface area contributed by atoms with Gasteiger partial charge in [-0.1, -0.05) is 48.1 Å². The number of fused-ring (bicyclic) bond motifs is 1. The first kappa shape index (κ1) is 12.0. The summed E-state index contributed by atoms with van der Waals surface area (Å²) < 4.78 is 5.46. The van der Waals surface area contributed by atoms with Crippen LogP contribution < -0.4 is 4.74 Å². The van der Waals surface area contributed by atoms with E-state index in [0.717, 1.165) is 18.6 Å². The number of hydrogen-bond acceptors (Lipinski definition) is 1. The van der Waals surface area contributed by atoms with E-state index in [1.54, 1.807) is 7.11 Å². The zero-order valence-electron chi connectivity index (χ0n) is 11.4. The minimum absolute atomic E-state index is 0.947. The highest BCUT2D eigenvalue weighted by Crippen LogP contribution is 2.34. The first-order chi connectivity index (χ1) is 9.29. The predicted octanol–water partition coefficient (Wildman–Crippen LogP) is 4.97. The van der Waals surface area contributed by atoms with Crippen molar-refractivity contribution in [2.24, 2.45) is 0 Å². The molecule has 2 aromatic rings. The molecule has 1 nitrogen and oxygen atoms in total. The van der Waals surface area contributed by atoms with E-state index in [1.165, 1.54) is 27.5 Å². The lowest BCUT2D eigenvalue weighted by Gasteiger charge is -2.15. The third kappa shape index (κ3) is 2.17. The lowest BCUT2D eigenvalue weighted by atomic mass is 9.90. The summed E-state index contributed by atoms with van der Waals surface area (Å²) in [4.78, 5) is 0. The van der Waals surface area contributed by atoms with Crippen molar-refractivity contribution in [2.75, 3.05) is 7.11 Å². The van der Waals surface area contributed by atoms with Crippen molar-refractivity contribution in [3.63, 3.8) is 0 Å². The highest BCUT2D eigenvalue weighted by Gasteiger charge is 2.10. The standard InChI is InChI=1S/C18H18O/c1-13-9-11-14(12-10-13)15-5-3-7-17-16(15)6-4-8-18(17)19-2/h3-9,11H,10,12H2,1-2H3. The first-order valence-electron chi connectivity index (χ1n) is 6.72. The lowest BCUT2D eigenvalue weighted by molar-refractivity contribution is 0.420. The van der Waals surface area contributed by atoms with Crippen LogP contribution >= 0.6 is 0 Å². The van der Waals surface area contributed by atoms with Gasteiger partial charge >= 0.3 is 0 Å².